The molecule has 1 N–H and O–H groups in total. The lowest BCUT2D eigenvalue weighted by atomic mass is 10.3. The molecule has 1 aromatic rings. The Labute approximate surface area is 120 Å². The average Bonchev–Trinajstić information content (AvgIpc) is 2.37. The fraction of sp³-hybridized carbons (Fsp3) is 0.462. The van der Waals surface area contributed by atoms with Gasteiger partial charge in [-0.15, -0.1) is 0 Å². The van der Waals surface area contributed by atoms with Gasteiger partial charge < -0.3 is 4.90 Å². The zero-order valence-corrected chi connectivity index (χ0v) is 12.7. The van der Waals surface area contributed by atoms with E-state index in [-0.39, 0.29) is 6.04 Å². The molecule has 0 saturated carbocycles. The number of likely N-dealkylation sites (N-methyl/N-ethyl adjacent to an activating group) is 1. The predicted octanol–water partition coefficient (Wildman–Crippen LogP) is 1.30. The Morgan fingerprint density at radius 1 is 1.30 bits per heavy atom. The van der Waals surface area contributed by atoms with Crippen molar-refractivity contribution in [2.24, 2.45) is 0 Å². The third-order valence-corrected chi connectivity index (χ3v) is 3.59. The Balaban J connectivity index is 2.66. The van der Waals surface area contributed by atoms with Gasteiger partial charge in [-0.3, -0.25) is 4.79 Å². The number of carbonyl (C=O) groups is 1. The summed E-state index contributed by atoms with van der Waals surface area (Å²) in [7, 11) is -3.90. The normalized spacial score (nSPS) is 11.6. The maximum absolute atomic E-state index is 12.0. The summed E-state index contributed by atoms with van der Waals surface area (Å²) < 4.78 is 29.9. The number of hydrogen-bond acceptors (Lipinski definition) is 4. The van der Waals surface area contributed by atoms with E-state index in [0.717, 1.165) is 0 Å². The molecule has 0 bridgehead atoms. The molecule has 0 aliphatic heterocycles. The van der Waals surface area contributed by atoms with Crippen LogP contribution in [0.5, 0.6) is 0 Å². The number of nitrogens with zero attached hydrogens (tertiary/aromatic N) is 1. The predicted molar refractivity (Wildman–Crippen MR) is 77.6 cm³/mol. The first-order valence-corrected chi connectivity index (χ1v) is 7.78. The van der Waals surface area contributed by atoms with Crippen LogP contribution in [0.1, 0.15) is 20.8 Å². The van der Waals surface area contributed by atoms with Gasteiger partial charge in [0.05, 0.1) is 0 Å². The Kier molecular flexibility index (Phi) is 6.12. The minimum atomic E-state index is -3.90. The quantitative estimate of drug-likeness (QED) is 0.823. The lowest BCUT2D eigenvalue weighted by Crippen LogP contribution is -2.38. The van der Waals surface area contributed by atoms with Crippen molar-refractivity contribution in [1.29, 1.82) is 0 Å². The fourth-order valence-electron chi connectivity index (χ4n) is 1.64. The lowest BCUT2D eigenvalue weighted by Gasteiger charge is -2.21. The highest BCUT2D eigenvalue weighted by molar-refractivity contribution is 7.84. The molecule has 112 valence electrons. The van der Waals surface area contributed by atoms with Crippen molar-refractivity contribution in [3.8, 4) is 0 Å². The van der Waals surface area contributed by atoms with Crippen LogP contribution in [0.4, 0.5) is 5.69 Å². The maximum Gasteiger partial charge on any atom is 0.336 e. The van der Waals surface area contributed by atoms with Gasteiger partial charge >= 0.3 is 10.3 Å². The summed E-state index contributed by atoms with van der Waals surface area (Å²) in [4.78, 5) is 13.5. The zero-order chi connectivity index (χ0) is 15.2. The van der Waals surface area contributed by atoms with Crippen molar-refractivity contribution >= 4 is 21.9 Å². The van der Waals surface area contributed by atoms with Gasteiger partial charge in [-0.25, -0.2) is 4.18 Å². The molecule has 0 aliphatic carbocycles. The number of para-hydroxylation sites is 1. The molecule has 1 aromatic carbocycles. The first-order chi connectivity index (χ1) is 9.35. The molecule has 0 heterocycles. The molecular weight excluding hydrogens is 280 g/mol. The van der Waals surface area contributed by atoms with Crippen LogP contribution in [0.2, 0.25) is 0 Å². The van der Waals surface area contributed by atoms with Crippen LogP contribution in [-0.2, 0) is 19.3 Å². The second kappa shape index (κ2) is 7.37. The maximum atomic E-state index is 12.0. The molecule has 0 aromatic heterocycles. The van der Waals surface area contributed by atoms with Gasteiger partial charge in [-0.05, 0) is 32.9 Å². The van der Waals surface area contributed by atoms with E-state index in [1.165, 1.54) is 4.90 Å². The van der Waals surface area contributed by atoms with Gasteiger partial charge in [0, 0.05) is 18.3 Å². The van der Waals surface area contributed by atoms with Gasteiger partial charge in [0.25, 0.3) is 5.91 Å². The SMILES string of the molecule is CCN(C(=O)COS(=O)(=O)NC(C)C)c1ccccc1. The van der Waals surface area contributed by atoms with Crippen molar-refractivity contribution in [2.45, 2.75) is 26.8 Å². The summed E-state index contributed by atoms with van der Waals surface area (Å²) in [6.45, 7) is 5.07. The number of nitrogens with one attached hydrogen (secondary N) is 1. The first kappa shape index (κ1) is 16.6. The monoisotopic (exact) mass is 300 g/mol. The van der Waals surface area contributed by atoms with E-state index < -0.39 is 22.8 Å². The van der Waals surface area contributed by atoms with E-state index in [0.29, 0.717) is 12.2 Å². The number of rotatable bonds is 7. The molecule has 1 rings (SSSR count). The molecule has 20 heavy (non-hydrogen) atoms. The second-order valence-electron chi connectivity index (χ2n) is 4.46. The van der Waals surface area contributed by atoms with E-state index in [1.807, 2.05) is 25.1 Å². The van der Waals surface area contributed by atoms with Gasteiger partial charge in [0.2, 0.25) is 0 Å². The summed E-state index contributed by atoms with van der Waals surface area (Å²) in [6.07, 6.45) is 0. The van der Waals surface area contributed by atoms with Crippen molar-refractivity contribution < 1.29 is 17.4 Å². The molecule has 0 spiro atoms. The molecule has 0 saturated heterocycles. The molecule has 6 nitrogen and oxygen atoms in total. The number of hydrogen-bond donors (Lipinski definition) is 1. The van der Waals surface area contributed by atoms with Crippen molar-refractivity contribution in [3.05, 3.63) is 30.3 Å². The van der Waals surface area contributed by atoms with E-state index >= 15 is 0 Å². The van der Waals surface area contributed by atoms with E-state index in [9.17, 15) is 13.2 Å². The Bertz CT molecular complexity index is 529. The van der Waals surface area contributed by atoms with E-state index in [1.54, 1.807) is 26.0 Å². The summed E-state index contributed by atoms with van der Waals surface area (Å²) in [6, 6.07) is 8.73. The van der Waals surface area contributed by atoms with Crippen LogP contribution in [0, 0.1) is 0 Å². The number of anilines is 1. The molecule has 0 radical (unpaired) electrons. The molecular formula is C13H20N2O4S. The minimum absolute atomic E-state index is 0.286. The van der Waals surface area contributed by atoms with Crippen LogP contribution in [0.3, 0.4) is 0 Å². The highest BCUT2D eigenvalue weighted by Gasteiger charge is 2.19. The van der Waals surface area contributed by atoms with Crippen molar-refractivity contribution in [1.82, 2.24) is 4.72 Å². The highest BCUT2D eigenvalue weighted by atomic mass is 32.2. The standard InChI is InChI=1S/C13H20N2O4S/c1-4-15(12-8-6-5-7-9-12)13(16)10-19-20(17,18)14-11(2)3/h5-9,11,14H,4,10H2,1-3H3. The zero-order valence-electron chi connectivity index (χ0n) is 11.9. The first-order valence-electron chi connectivity index (χ1n) is 6.38. The molecule has 0 atom stereocenters. The van der Waals surface area contributed by atoms with Gasteiger partial charge in [-0.1, -0.05) is 18.2 Å². The largest absolute Gasteiger partial charge is 0.336 e. The van der Waals surface area contributed by atoms with Crippen LogP contribution in [0.25, 0.3) is 0 Å². The number of benzene rings is 1. The van der Waals surface area contributed by atoms with Crippen molar-refractivity contribution in [3.63, 3.8) is 0 Å². The summed E-state index contributed by atoms with van der Waals surface area (Å²) in [5, 5.41) is 0. The summed E-state index contributed by atoms with van der Waals surface area (Å²) >= 11 is 0. The van der Waals surface area contributed by atoms with Crippen LogP contribution in [0.15, 0.2) is 30.3 Å². The second-order valence-corrected chi connectivity index (χ2v) is 5.84. The molecule has 0 fully saturated rings. The number of amides is 1. The topological polar surface area (TPSA) is 75.7 Å². The van der Waals surface area contributed by atoms with Crippen LogP contribution >= 0.6 is 0 Å². The van der Waals surface area contributed by atoms with Crippen LogP contribution in [-0.4, -0.2) is 33.5 Å². The lowest BCUT2D eigenvalue weighted by molar-refractivity contribution is -0.120. The minimum Gasteiger partial charge on any atom is -0.311 e. The van der Waals surface area contributed by atoms with Gasteiger partial charge in [0.1, 0.15) is 6.61 Å². The van der Waals surface area contributed by atoms with E-state index in [2.05, 4.69) is 8.91 Å². The molecule has 7 heteroatoms. The van der Waals surface area contributed by atoms with Gasteiger partial charge in [0.15, 0.2) is 0 Å². The van der Waals surface area contributed by atoms with Gasteiger partial charge in [-0.2, -0.15) is 13.1 Å². The highest BCUT2D eigenvalue weighted by Crippen LogP contribution is 2.13. The smallest absolute Gasteiger partial charge is 0.311 e. The Morgan fingerprint density at radius 3 is 2.40 bits per heavy atom. The fourth-order valence-corrected chi connectivity index (χ4v) is 2.54. The average molecular weight is 300 g/mol. The Morgan fingerprint density at radius 2 is 1.90 bits per heavy atom. The molecule has 0 aliphatic rings. The summed E-state index contributed by atoms with van der Waals surface area (Å²) in [5.74, 6) is -0.409. The van der Waals surface area contributed by atoms with E-state index in [4.69, 9.17) is 0 Å². The number of carbonyl (C=O) groups excluding carboxylic acids is 1. The van der Waals surface area contributed by atoms with Crippen molar-refractivity contribution in [2.75, 3.05) is 18.1 Å². The van der Waals surface area contributed by atoms with Crippen LogP contribution < -0.4 is 9.62 Å². The third kappa shape index (κ3) is 5.28. The third-order valence-electron chi connectivity index (χ3n) is 2.40. The Hall–Kier alpha value is -1.44. The summed E-state index contributed by atoms with van der Waals surface area (Å²) in [5.41, 5.74) is 0.706. The molecule has 0 unspecified atom stereocenters. The molecule has 1 amide bonds.